The zero-order valence-corrected chi connectivity index (χ0v) is 10.4. The number of aromatic nitrogens is 5. The highest BCUT2D eigenvalue weighted by molar-refractivity contribution is 5.61. The minimum atomic E-state index is -6.23. The first-order valence-electron chi connectivity index (χ1n) is 5.33. The van der Waals surface area contributed by atoms with Crippen LogP contribution < -0.4 is 0 Å². The molecule has 2 rings (SSSR count). The van der Waals surface area contributed by atoms with Crippen LogP contribution in [0, 0.1) is 0 Å². The highest BCUT2D eigenvalue weighted by Gasteiger charge is 2.64. The Morgan fingerprint density at radius 2 is 1.64 bits per heavy atom. The number of H-pyrrole nitrogens is 1. The highest BCUT2D eigenvalue weighted by atomic mass is 19.4. The predicted octanol–water partition coefficient (Wildman–Crippen LogP) is 2.88. The number of hydrogen-bond acceptors (Lipinski definition) is 3. The van der Waals surface area contributed by atoms with E-state index >= 15 is 0 Å². The zero-order chi connectivity index (χ0) is 16.9. The molecule has 0 aromatic carbocycles. The first-order chi connectivity index (χ1) is 9.87. The van der Waals surface area contributed by atoms with Crippen molar-refractivity contribution in [2.45, 2.75) is 18.3 Å². The number of aryl methyl sites for hydroxylation is 1. The third-order valence-electron chi connectivity index (χ3n) is 2.64. The lowest BCUT2D eigenvalue weighted by Crippen LogP contribution is -2.36. The number of halogens is 8. The second kappa shape index (κ2) is 4.64. The normalized spacial score (nSPS) is 13.7. The molecule has 0 saturated carbocycles. The summed E-state index contributed by atoms with van der Waals surface area (Å²) < 4.78 is 103. The Morgan fingerprint density at radius 3 is 2.05 bits per heavy atom. The van der Waals surface area contributed by atoms with Crippen molar-refractivity contribution in [3.05, 3.63) is 17.5 Å². The molecule has 13 heteroatoms. The van der Waals surface area contributed by atoms with Crippen molar-refractivity contribution in [2.75, 3.05) is 0 Å². The van der Waals surface area contributed by atoms with E-state index in [9.17, 15) is 35.1 Å². The summed E-state index contributed by atoms with van der Waals surface area (Å²) in [6.07, 6.45) is -10.9. The van der Waals surface area contributed by atoms with Crippen molar-refractivity contribution in [1.82, 2.24) is 25.2 Å². The van der Waals surface area contributed by atoms with Crippen LogP contribution in [0.2, 0.25) is 0 Å². The molecule has 0 aliphatic heterocycles. The number of aromatic amines is 1. The molecule has 0 spiro atoms. The molecule has 5 nitrogen and oxygen atoms in total. The van der Waals surface area contributed by atoms with Crippen LogP contribution in [0.15, 0.2) is 6.20 Å². The summed E-state index contributed by atoms with van der Waals surface area (Å²) in [5, 5.41) is 11.0. The van der Waals surface area contributed by atoms with Gasteiger partial charge in [-0.25, -0.2) is 0 Å². The second-order valence-electron chi connectivity index (χ2n) is 4.12. The Balaban J connectivity index is 2.81. The van der Waals surface area contributed by atoms with Gasteiger partial charge in [-0.05, 0) is 0 Å². The summed E-state index contributed by atoms with van der Waals surface area (Å²) >= 11 is 0. The molecule has 0 bridgehead atoms. The van der Waals surface area contributed by atoms with Gasteiger partial charge in [0.2, 0.25) is 0 Å². The number of alkyl halides is 8. The van der Waals surface area contributed by atoms with Gasteiger partial charge in [-0.2, -0.15) is 40.2 Å². The lowest BCUT2D eigenvalue weighted by molar-refractivity contribution is -0.292. The lowest BCUT2D eigenvalue weighted by Gasteiger charge is -2.19. The topological polar surface area (TPSA) is 59.4 Å². The van der Waals surface area contributed by atoms with Crippen molar-refractivity contribution in [3.63, 3.8) is 0 Å². The van der Waals surface area contributed by atoms with E-state index in [4.69, 9.17) is 0 Å². The van der Waals surface area contributed by atoms with Crippen LogP contribution in [-0.2, 0) is 19.1 Å². The quantitative estimate of drug-likeness (QED) is 0.859. The molecular weight excluding hydrogens is 330 g/mol. The molecule has 1 N–H and O–H groups in total. The van der Waals surface area contributed by atoms with Crippen LogP contribution in [0.5, 0.6) is 0 Å². The first-order valence-corrected chi connectivity index (χ1v) is 5.33. The van der Waals surface area contributed by atoms with Gasteiger partial charge in [0.1, 0.15) is 17.0 Å². The molecule has 0 aliphatic rings. The van der Waals surface area contributed by atoms with Crippen molar-refractivity contribution < 1.29 is 35.1 Å². The minimum absolute atomic E-state index is 0.246. The number of nitrogens with zero attached hydrogens (tertiary/aromatic N) is 4. The third kappa shape index (κ3) is 2.39. The minimum Gasteiger partial charge on any atom is -0.265 e. The second-order valence-corrected chi connectivity index (χ2v) is 4.12. The van der Waals surface area contributed by atoms with E-state index in [2.05, 4.69) is 15.4 Å². The van der Waals surface area contributed by atoms with Crippen molar-refractivity contribution >= 4 is 0 Å². The van der Waals surface area contributed by atoms with E-state index in [0.29, 0.717) is 0 Å². The summed E-state index contributed by atoms with van der Waals surface area (Å²) in [4.78, 5) is 0. The summed E-state index contributed by atoms with van der Waals surface area (Å²) in [7, 11) is 0.787. The predicted molar refractivity (Wildman–Crippen MR) is 53.5 cm³/mol. The maximum atomic E-state index is 13.3. The first kappa shape index (κ1) is 16.2. The Kier molecular flexibility index (Phi) is 3.41. The maximum Gasteiger partial charge on any atom is 0.459 e. The van der Waals surface area contributed by atoms with Crippen molar-refractivity contribution in [3.8, 4) is 11.4 Å². The van der Waals surface area contributed by atoms with E-state index < -0.39 is 40.9 Å². The molecule has 122 valence electrons. The summed E-state index contributed by atoms with van der Waals surface area (Å²) in [6, 6.07) is 0. The largest absolute Gasteiger partial charge is 0.459 e. The van der Waals surface area contributed by atoms with Crippen LogP contribution in [0.3, 0.4) is 0 Å². The summed E-state index contributed by atoms with van der Waals surface area (Å²) in [6.45, 7) is 0. The molecule has 0 amide bonds. The van der Waals surface area contributed by atoms with Crippen LogP contribution in [-0.4, -0.2) is 31.4 Å². The van der Waals surface area contributed by atoms with E-state index in [-0.39, 0.29) is 4.68 Å². The Hall–Kier alpha value is -2.21. The van der Waals surface area contributed by atoms with Gasteiger partial charge in [0.15, 0.2) is 5.69 Å². The average Bonchev–Trinajstić information content (AvgIpc) is 2.92. The maximum absolute atomic E-state index is 13.3. The fraction of sp³-hybridized carbons (Fsp3) is 0.444. The highest BCUT2D eigenvalue weighted by Crippen LogP contribution is 2.49. The van der Waals surface area contributed by atoms with E-state index in [1.807, 2.05) is 5.10 Å². The smallest absolute Gasteiger partial charge is 0.265 e. The molecule has 2 aromatic rings. The molecule has 0 atom stereocenters. The number of hydrogen-bond donors (Lipinski definition) is 1. The molecule has 0 radical (unpaired) electrons. The summed E-state index contributed by atoms with van der Waals surface area (Å²) in [5.41, 5.74) is -6.29. The van der Waals surface area contributed by atoms with Gasteiger partial charge in [-0.15, -0.1) is 5.10 Å². The fourth-order valence-electron chi connectivity index (χ4n) is 1.76. The fourth-order valence-corrected chi connectivity index (χ4v) is 1.76. The van der Waals surface area contributed by atoms with Gasteiger partial charge in [0, 0.05) is 7.05 Å². The van der Waals surface area contributed by atoms with Crippen LogP contribution in [0.25, 0.3) is 11.4 Å². The van der Waals surface area contributed by atoms with Crippen molar-refractivity contribution in [2.24, 2.45) is 7.05 Å². The Bertz CT molecular complexity index is 665. The van der Waals surface area contributed by atoms with Crippen molar-refractivity contribution in [1.29, 1.82) is 0 Å². The number of nitrogens with one attached hydrogen (secondary N) is 1. The monoisotopic (exact) mass is 335 g/mol. The molecule has 0 fully saturated rings. The molecule has 22 heavy (non-hydrogen) atoms. The molecule has 0 aliphatic carbocycles. The lowest BCUT2D eigenvalue weighted by atomic mass is 10.1. The summed E-state index contributed by atoms with van der Waals surface area (Å²) in [5.74, 6) is -5.78. The molecule has 0 unspecified atom stereocenters. The SMILES string of the molecule is Cn1nc(C(F)(F)C(F)(F)F)c(C(F)(F)F)c1-c1c[nH]nn1. The zero-order valence-electron chi connectivity index (χ0n) is 10.4. The molecule has 2 heterocycles. The van der Waals surface area contributed by atoms with Gasteiger partial charge >= 0.3 is 18.3 Å². The Morgan fingerprint density at radius 1 is 1.05 bits per heavy atom. The average molecular weight is 335 g/mol. The van der Waals surface area contributed by atoms with E-state index in [1.54, 1.807) is 0 Å². The Labute approximate surface area is 115 Å². The standard InChI is InChI=1S/C9H5F8N5/c1-22-5(3-2-18-21-19-3)4(8(12,13)14)6(20-22)7(10,11)9(15,16)17/h2H,1H3,(H,18,19,21). The van der Waals surface area contributed by atoms with E-state index in [0.717, 1.165) is 13.2 Å². The van der Waals surface area contributed by atoms with E-state index in [1.165, 1.54) is 0 Å². The molecule has 2 aromatic heterocycles. The third-order valence-corrected chi connectivity index (χ3v) is 2.64. The van der Waals surface area contributed by atoms with Gasteiger partial charge < -0.3 is 0 Å². The van der Waals surface area contributed by atoms with Gasteiger partial charge in [-0.3, -0.25) is 9.78 Å². The van der Waals surface area contributed by atoms with Crippen LogP contribution in [0.4, 0.5) is 35.1 Å². The van der Waals surface area contributed by atoms with Gasteiger partial charge in [0.05, 0.1) is 6.20 Å². The number of rotatable bonds is 2. The molecular formula is C9H5F8N5. The van der Waals surface area contributed by atoms with Crippen LogP contribution >= 0.6 is 0 Å². The molecule has 0 saturated heterocycles. The van der Waals surface area contributed by atoms with Crippen LogP contribution in [0.1, 0.15) is 11.3 Å². The van der Waals surface area contributed by atoms with Gasteiger partial charge in [-0.1, -0.05) is 5.21 Å². The van der Waals surface area contributed by atoms with Gasteiger partial charge in [0.25, 0.3) is 0 Å².